The highest BCUT2D eigenvalue weighted by molar-refractivity contribution is 7.57. The van der Waals surface area contributed by atoms with E-state index in [0.29, 0.717) is 18.6 Å². The van der Waals surface area contributed by atoms with E-state index < -0.39 is 17.6 Å². The third-order valence-electron chi connectivity index (χ3n) is 3.99. The Bertz CT molecular complexity index is 587. The smallest absolute Gasteiger partial charge is 0.295 e. The van der Waals surface area contributed by atoms with Crippen LogP contribution in [0.2, 0.25) is 10.0 Å². The van der Waals surface area contributed by atoms with Gasteiger partial charge in [0.1, 0.15) is 0 Å². The molecule has 0 radical (unpaired) electrons. The van der Waals surface area contributed by atoms with Crippen LogP contribution in [0.4, 0.5) is 5.69 Å². The second-order valence-corrected chi connectivity index (χ2v) is 10.1. The third-order valence-corrected chi connectivity index (χ3v) is 7.38. The van der Waals surface area contributed by atoms with Gasteiger partial charge < -0.3 is 10.2 Å². The van der Waals surface area contributed by atoms with E-state index in [-0.39, 0.29) is 5.02 Å². The number of hydrogen-bond acceptors (Lipinski definition) is 4. The number of nitrogens with zero attached hydrogens (tertiary/aromatic N) is 1. The highest BCUT2D eigenvalue weighted by atomic mass is 35.5. The van der Waals surface area contributed by atoms with Crippen LogP contribution in [0.3, 0.4) is 0 Å². The van der Waals surface area contributed by atoms with E-state index in [0.717, 1.165) is 0 Å². The number of unbranched alkanes of at least 4 members (excludes halogenated alkanes) is 3. The van der Waals surface area contributed by atoms with Crippen molar-refractivity contribution in [3.63, 3.8) is 0 Å². The molecule has 1 amide bonds. The van der Waals surface area contributed by atoms with E-state index in [9.17, 15) is 14.9 Å². The first-order valence-corrected chi connectivity index (χ1v) is 12.7. The molecule has 0 aliphatic carbocycles. The fourth-order valence-corrected chi connectivity index (χ4v) is 5.79. The van der Waals surface area contributed by atoms with Crippen LogP contribution in [0.25, 0.3) is 0 Å². The van der Waals surface area contributed by atoms with Crippen LogP contribution in [-0.2, 0) is 9.63 Å². The van der Waals surface area contributed by atoms with E-state index in [4.69, 9.17) is 23.2 Å². The van der Waals surface area contributed by atoms with Gasteiger partial charge in [0, 0.05) is 5.02 Å². The number of benzene rings is 1. The number of nitrogens with one attached hydrogen (secondary N) is 1. The molecule has 0 heterocycles. The Labute approximate surface area is 185 Å². The number of halogens is 2. The Morgan fingerprint density at radius 3 is 2.00 bits per heavy atom. The Morgan fingerprint density at radius 1 is 1.07 bits per heavy atom. The molecule has 0 unspecified atom stereocenters. The second kappa shape index (κ2) is 17.7. The van der Waals surface area contributed by atoms with Crippen molar-refractivity contribution >= 4 is 42.7 Å². The maximum atomic E-state index is 11.1. The molecule has 166 valence electrons. The van der Waals surface area contributed by atoms with Gasteiger partial charge >= 0.3 is 0 Å². The lowest BCUT2D eigenvalue weighted by Gasteiger charge is -2.16. The molecule has 0 saturated carbocycles. The summed E-state index contributed by atoms with van der Waals surface area (Å²) in [5.41, 5.74) is 0.308. The quantitative estimate of drug-likeness (QED) is 0.192. The fourth-order valence-electron chi connectivity index (χ4n) is 2.37. The second-order valence-electron chi connectivity index (χ2n) is 6.57. The van der Waals surface area contributed by atoms with Crippen molar-refractivity contribution in [3.8, 4) is 0 Å². The number of carbonyl (C=O) groups is 1. The van der Waals surface area contributed by atoms with E-state index in [1.165, 1.54) is 56.7 Å². The predicted molar refractivity (Wildman–Crippen MR) is 124 cm³/mol. The van der Waals surface area contributed by atoms with Crippen LogP contribution in [-0.4, -0.2) is 36.1 Å². The van der Waals surface area contributed by atoms with Gasteiger partial charge in [-0.2, -0.15) is 0 Å². The normalized spacial score (nSPS) is 10.3. The van der Waals surface area contributed by atoms with Gasteiger partial charge in [-0.1, -0.05) is 63.2 Å². The number of amides is 1. The van der Waals surface area contributed by atoms with Gasteiger partial charge in [-0.15, -0.1) is 18.0 Å². The minimum atomic E-state index is -1.05. The first-order chi connectivity index (χ1) is 13.8. The lowest BCUT2D eigenvalue weighted by Crippen LogP contribution is -2.20. The molecule has 9 heteroatoms. The molecule has 1 N–H and O–H groups in total. The van der Waals surface area contributed by atoms with Crippen molar-refractivity contribution in [2.24, 2.45) is 0 Å². The summed E-state index contributed by atoms with van der Waals surface area (Å²) in [6.07, 6.45) is 13.2. The van der Waals surface area contributed by atoms with Crippen molar-refractivity contribution in [3.05, 3.63) is 38.4 Å². The third kappa shape index (κ3) is 15.4. The molecule has 0 fully saturated rings. The van der Waals surface area contributed by atoms with Gasteiger partial charge in [-0.3, -0.25) is 4.79 Å². The van der Waals surface area contributed by atoms with Crippen molar-refractivity contribution in [1.82, 2.24) is 0 Å². The summed E-state index contributed by atoms with van der Waals surface area (Å²) < 4.78 is 0. The number of hydrogen-bond donors (Lipinski definition) is 1. The molecule has 29 heavy (non-hydrogen) atoms. The summed E-state index contributed by atoms with van der Waals surface area (Å²) in [5.74, 6) is -0.680. The summed E-state index contributed by atoms with van der Waals surface area (Å²) in [6, 6.07) is 4.44. The minimum Gasteiger partial charge on any atom is -0.323 e. The SMILES string of the molecule is CCCCP(CCCC)CCCC.O=C(CO[N+](=O)[O-])Nc1ccc(Cl)cc1Cl. The van der Waals surface area contributed by atoms with Crippen molar-refractivity contribution in [2.45, 2.75) is 59.3 Å². The van der Waals surface area contributed by atoms with Gasteiger partial charge in [0.05, 0.1) is 10.7 Å². The molecule has 6 nitrogen and oxygen atoms in total. The van der Waals surface area contributed by atoms with Crippen molar-refractivity contribution < 1.29 is 14.7 Å². The monoisotopic (exact) mass is 466 g/mol. The van der Waals surface area contributed by atoms with Gasteiger partial charge in [0.25, 0.3) is 5.09 Å². The number of anilines is 1. The molecule has 0 aromatic heterocycles. The summed E-state index contributed by atoms with van der Waals surface area (Å²) in [7, 11) is 0.422. The molecule has 0 bridgehead atoms. The first-order valence-electron chi connectivity index (χ1n) is 10.1. The van der Waals surface area contributed by atoms with Gasteiger partial charge in [-0.05, 0) is 55.9 Å². The van der Waals surface area contributed by atoms with E-state index >= 15 is 0 Å². The Hall–Kier alpha value is -1.10. The topological polar surface area (TPSA) is 81.5 Å². The van der Waals surface area contributed by atoms with Gasteiger partial charge in [0.2, 0.25) is 5.91 Å². The summed E-state index contributed by atoms with van der Waals surface area (Å²) >= 11 is 11.4. The summed E-state index contributed by atoms with van der Waals surface area (Å²) in [5, 5.41) is 11.8. The molecule has 1 rings (SSSR count). The first kappa shape index (κ1) is 27.9. The maximum Gasteiger partial charge on any atom is 0.295 e. The largest absolute Gasteiger partial charge is 0.323 e. The van der Waals surface area contributed by atoms with Crippen LogP contribution in [0.15, 0.2) is 18.2 Å². The Morgan fingerprint density at radius 2 is 1.59 bits per heavy atom. The van der Waals surface area contributed by atoms with Crippen LogP contribution in [0, 0.1) is 10.1 Å². The Kier molecular flexibility index (Phi) is 17.1. The molecule has 0 aliphatic heterocycles. The molecule has 0 atom stereocenters. The van der Waals surface area contributed by atoms with E-state index in [2.05, 4.69) is 30.9 Å². The lowest BCUT2D eigenvalue weighted by molar-refractivity contribution is -0.754. The molecular weight excluding hydrogens is 434 g/mol. The van der Waals surface area contributed by atoms with Crippen LogP contribution in [0.5, 0.6) is 0 Å². The van der Waals surface area contributed by atoms with Crippen LogP contribution >= 0.6 is 31.1 Å². The fraction of sp³-hybridized carbons (Fsp3) is 0.650. The lowest BCUT2D eigenvalue weighted by atomic mass is 10.3. The van der Waals surface area contributed by atoms with E-state index in [1.807, 2.05) is 0 Å². The zero-order valence-corrected chi connectivity index (χ0v) is 20.0. The summed E-state index contributed by atoms with van der Waals surface area (Å²) in [6.45, 7) is 6.25. The molecule has 0 saturated heterocycles. The average Bonchev–Trinajstić information content (AvgIpc) is 2.68. The molecule has 1 aromatic carbocycles. The molecule has 0 spiro atoms. The van der Waals surface area contributed by atoms with Crippen LogP contribution in [0.1, 0.15) is 59.3 Å². The number of carbonyl (C=O) groups excluding carboxylic acids is 1. The minimum absolute atomic E-state index is 0.238. The zero-order chi connectivity index (χ0) is 22.1. The van der Waals surface area contributed by atoms with Crippen molar-refractivity contribution in [2.75, 3.05) is 30.4 Å². The highest BCUT2D eigenvalue weighted by Crippen LogP contribution is 2.38. The van der Waals surface area contributed by atoms with Crippen molar-refractivity contribution in [1.29, 1.82) is 0 Å². The predicted octanol–water partition coefficient (Wildman–Crippen LogP) is 7.01. The van der Waals surface area contributed by atoms with Gasteiger partial charge in [-0.25, -0.2) is 0 Å². The maximum absolute atomic E-state index is 11.1. The van der Waals surface area contributed by atoms with E-state index in [1.54, 1.807) is 18.5 Å². The standard InChI is InChI=1S/C12H27P.C8H6Cl2N2O4/c1-4-7-10-13(11-8-5-2)12-9-6-3;9-5-1-2-7(6(10)3-5)11-8(13)4-16-12(14)15/h4-12H2,1-3H3;1-3H,4H2,(H,11,13). The molecular formula is C20H33Cl2N2O4P. The molecule has 1 aromatic rings. The zero-order valence-electron chi connectivity index (χ0n) is 17.6. The average molecular weight is 467 g/mol. The van der Waals surface area contributed by atoms with Gasteiger partial charge in [0.15, 0.2) is 6.61 Å². The Balaban J connectivity index is 0.000000555. The summed E-state index contributed by atoms with van der Waals surface area (Å²) in [4.78, 5) is 24.8. The highest BCUT2D eigenvalue weighted by Gasteiger charge is 2.08. The molecule has 0 aliphatic rings. The van der Waals surface area contributed by atoms with Crippen LogP contribution < -0.4 is 5.32 Å². The number of rotatable bonds is 13.